The lowest BCUT2D eigenvalue weighted by Crippen LogP contribution is -2.45. The minimum absolute atomic E-state index is 0.0835. The Labute approximate surface area is 133 Å². The number of rotatable bonds is 6. The SMILES string of the molecule is CC(C)CNC(=O)N1CCC(CCOc2ccncc2)CC1. The highest BCUT2D eigenvalue weighted by Crippen LogP contribution is 2.21. The zero-order chi connectivity index (χ0) is 15.8. The van der Waals surface area contributed by atoms with Crippen molar-refractivity contribution >= 4 is 6.03 Å². The quantitative estimate of drug-likeness (QED) is 0.879. The van der Waals surface area contributed by atoms with Gasteiger partial charge in [0, 0.05) is 32.0 Å². The number of likely N-dealkylation sites (tertiary alicyclic amines) is 1. The van der Waals surface area contributed by atoms with Crippen LogP contribution in [0.25, 0.3) is 0 Å². The Morgan fingerprint density at radius 3 is 2.68 bits per heavy atom. The first-order valence-corrected chi connectivity index (χ1v) is 8.20. The molecule has 2 rings (SSSR count). The molecule has 0 atom stereocenters. The second-order valence-corrected chi connectivity index (χ2v) is 6.33. The third-order valence-electron chi connectivity index (χ3n) is 4.01. The van der Waals surface area contributed by atoms with Gasteiger partial charge in [0.15, 0.2) is 0 Å². The van der Waals surface area contributed by atoms with Crippen LogP contribution in [0.4, 0.5) is 4.79 Å². The van der Waals surface area contributed by atoms with Gasteiger partial charge in [0.25, 0.3) is 0 Å². The molecule has 0 radical (unpaired) electrons. The van der Waals surface area contributed by atoms with Crippen LogP contribution < -0.4 is 10.1 Å². The Morgan fingerprint density at radius 1 is 1.36 bits per heavy atom. The van der Waals surface area contributed by atoms with Crippen molar-refractivity contribution in [3.63, 3.8) is 0 Å². The highest BCUT2D eigenvalue weighted by Gasteiger charge is 2.22. The topological polar surface area (TPSA) is 54.5 Å². The monoisotopic (exact) mass is 305 g/mol. The summed E-state index contributed by atoms with van der Waals surface area (Å²) in [6.45, 7) is 7.39. The van der Waals surface area contributed by atoms with Crippen molar-refractivity contribution in [1.29, 1.82) is 0 Å². The van der Waals surface area contributed by atoms with Crippen molar-refractivity contribution in [3.8, 4) is 5.75 Å². The van der Waals surface area contributed by atoms with E-state index in [1.807, 2.05) is 17.0 Å². The van der Waals surface area contributed by atoms with Gasteiger partial charge in [-0.15, -0.1) is 0 Å². The van der Waals surface area contributed by atoms with Crippen molar-refractivity contribution in [2.45, 2.75) is 33.1 Å². The lowest BCUT2D eigenvalue weighted by molar-refractivity contribution is 0.159. The number of carbonyl (C=O) groups is 1. The molecule has 1 aromatic heterocycles. The number of aromatic nitrogens is 1. The van der Waals surface area contributed by atoms with E-state index in [0.717, 1.165) is 51.3 Å². The van der Waals surface area contributed by atoms with E-state index in [1.54, 1.807) is 12.4 Å². The first-order chi connectivity index (χ1) is 10.6. The summed E-state index contributed by atoms with van der Waals surface area (Å²) in [5.41, 5.74) is 0. The van der Waals surface area contributed by atoms with E-state index in [0.29, 0.717) is 11.8 Å². The summed E-state index contributed by atoms with van der Waals surface area (Å²) in [4.78, 5) is 17.9. The average Bonchev–Trinajstić information content (AvgIpc) is 2.54. The van der Waals surface area contributed by atoms with E-state index in [1.165, 1.54) is 0 Å². The molecule has 2 heterocycles. The van der Waals surface area contributed by atoms with Gasteiger partial charge < -0.3 is 15.0 Å². The molecule has 1 aromatic rings. The molecule has 122 valence electrons. The fraction of sp³-hybridized carbons (Fsp3) is 0.647. The zero-order valence-corrected chi connectivity index (χ0v) is 13.6. The molecule has 0 saturated carbocycles. The Bertz CT molecular complexity index is 442. The van der Waals surface area contributed by atoms with Crippen LogP contribution in [0.5, 0.6) is 5.75 Å². The predicted molar refractivity (Wildman–Crippen MR) is 86.9 cm³/mol. The van der Waals surface area contributed by atoms with E-state index in [-0.39, 0.29) is 6.03 Å². The summed E-state index contributed by atoms with van der Waals surface area (Å²) < 4.78 is 5.72. The van der Waals surface area contributed by atoms with Gasteiger partial charge in [0.1, 0.15) is 5.75 Å². The van der Waals surface area contributed by atoms with Gasteiger partial charge in [-0.05, 0) is 43.2 Å². The molecule has 0 unspecified atom stereocenters. The number of nitrogens with one attached hydrogen (secondary N) is 1. The van der Waals surface area contributed by atoms with Gasteiger partial charge in [-0.3, -0.25) is 4.98 Å². The molecular formula is C17H27N3O2. The molecule has 22 heavy (non-hydrogen) atoms. The lowest BCUT2D eigenvalue weighted by Gasteiger charge is -2.32. The summed E-state index contributed by atoms with van der Waals surface area (Å²) in [7, 11) is 0. The Morgan fingerprint density at radius 2 is 2.05 bits per heavy atom. The second kappa shape index (κ2) is 8.61. The van der Waals surface area contributed by atoms with E-state index in [9.17, 15) is 4.79 Å². The molecule has 1 aliphatic heterocycles. The van der Waals surface area contributed by atoms with Crippen LogP contribution in [0, 0.1) is 11.8 Å². The van der Waals surface area contributed by atoms with Crippen LogP contribution in [-0.4, -0.2) is 42.2 Å². The van der Waals surface area contributed by atoms with Crippen molar-refractivity contribution < 1.29 is 9.53 Å². The Kier molecular flexibility index (Phi) is 6.49. The minimum Gasteiger partial charge on any atom is -0.493 e. The maximum absolute atomic E-state index is 12.0. The van der Waals surface area contributed by atoms with Crippen LogP contribution in [0.15, 0.2) is 24.5 Å². The minimum atomic E-state index is 0.0835. The van der Waals surface area contributed by atoms with Gasteiger partial charge in [0.05, 0.1) is 6.61 Å². The number of hydrogen-bond acceptors (Lipinski definition) is 3. The van der Waals surface area contributed by atoms with E-state index < -0.39 is 0 Å². The Hall–Kier alpha value is -1.78. The van der Waals surface area contributed by atoms with Crippen molar-refractivity contribution in [2.24, 2.45) is 11.8 Å². The predicted octanol–water partition coefficient (Wildman–Crippen LogP) is 2.93. The van der Waals surface area contributed by atoms with Crippen LogP contribution in [0.2, 0.25) is 0 Å². The molecule has 1 saturated heterocycles. The summed E-state index contributed by atoms with van der Waals surface area (Å²) in [5.74, 6) is 2.02. The number of hydrogen-bond donors (Lipinski definition) is 1. The first kappa shape index (κ1) is 16.6. The number of amides is 2. The van der Waals surface area contributed by atoms with Gasteiger partial charge in [0.2, 0.25) is 0 Å². The lowest BCUT2D eigenvalue weighted by atomic mass is 9.94. The zero-order valence-electron chi connectivity index (χ0n) is 13.6. The summed E-state index contributed by atoms with van der Waals surface area (Å²) in [6, 6.07) is 3.84. The molecule has 1 fully saturated rings. The molecule has 5 heteroatoms. The molecule has 0 bridgehead atoms. The maximum atomic E-state index is 12.0. The van der Waals surface area contributed by atoms with Gasteiger partial charge in [-0.2, -0.15) is 0 Å². The molecule has 0 aliphatic carbocycles. The fourth-order valence-electron chi connectivity index (χ4n) is 2.61. The van der Waals surface area contributed by atoms with Gasteiger partial charge >= 0.3 is 6.03 Å². The van der Waals surface area contributed by atoms with Crippen LogP contribution >= 0.6 is 0 Å². The summed E-state index contributed by atoms with van der Waals surface area (Å²) >= 11 is 0. The largest absolute Gasteiger partial charge is 0.493 e. The molecule has 1 aliphatic rings. The number of ether oxygens (including phenoxy) is 1. The van der Waals surface area contributed by atoms with E-state index in [4.69, 9.17) is 4.74 Å². The second-order valence-electron chi connectivity index (χ2n) is 6.33. The van der Waals surface area contributed by atoms with Crippen LogP contribution in [-0.2, 0) is 0 Å². The van der Waals surface area contributed by atoms with E-state index in [2.05, 4.69) is 24.1 Å². The molecule has 2 amide bonds. The van der Waals surface area contributed by atoms with E-state index >= 15 is 0 Å². The smallest absolute Gasteiger partial charge is 0.317 e. The van der Waals surface area contributed by atoms with Gasteiger partial charge in [-0.1, -0.05) is 13.8 Å². The van der Waals surface area contributed by atoms with Crippen molar-refractivity contribution in [3.05, 3.63) is 24.5 Å². The van der Waals surface area contributed by atoms with Gasteiger partial charge in [-0.25, -0.2) is 4.79 Å². The third kappa shape index (κ3) is 5.54. The molecule has 1 N–H and O–H groups in total. The number of urea groups is 1. The molecule has 5 nitrogen and oxygen atoms in total. The average molecular weight is 305 g/mol. The third-order valence-corrected chi connectivity index (χ3v) is 4.01. The number of pyridine rings is 1. The number of piperidine rings is 1. The first-order valence-electron chi connectivity index (χ1n) is 8.20. The fourth-order valence-corrected chi connectivity index (χ4v) is 2.61. The highest BCUT2D eigenvalue weighted by molar-refractivity contribution is 5.74. The van der Waals surface area contributed by atoms with Crippen molar-refractivity contribution in [2.75, 3.05) is 26.2 Å². The molecular weight excluding hydrogens is 278 g/mol. The Balaban J connectivity index is 1.61. The van der Waals surface area contributed by atoms with Crippen molar-refractivity contribution in [1.82, 2.24) is 15.2 Å². The normalized spacial score (nSPS) is 15.9. The van der Waals surface area contributed by atoms with Crippen LogP contribution in [0.1, 0.15) is 33.1 Å². The standard InChI is InChI=1S/C17H27N3O2/c1-14(2)13-19-17(21)20-10-5-15(6-11-20)7-12-22-16-3-8-18-9-4-16/h3-4,8-9,14-15H,5-7,10-13H2,1-2H3,(H,19,21). The highest BCUT2D eigenvalue weighted by atomic mass is 16.5. The summed E-state index contributed by atoms with van der Waals surface area (Å²) in [6.07, 6.45) is 6.65. The number of nitrogens with zero attached hydrogens (tertiary/aromatic N) is 2. The molecule has 0 spiro atoms. The number of carbonyl (C=O) groups excluding carboxylic acids is 1. The van der Waals surface area contributed by atoms with Crippen LogP contribution in [0.3, 0.4) is 0 Å². The molecule has 0 aromatic carbocycles. The maximum Gasteiger partial charge on any atom is 0.317 e. The summed E-state index contributed by atoms with van der Waals surface area (Å²) in [5, 5.41) is 2.99.